The zero-order valence-electron chi connectivity index (χ0n) is 30.7. The van der Waals surface area contributed by atoms with Gasteiger partial charge < -0.3 is 0 Å². The molecule has 0 nitrogen and oxygen atoms in total. The minimum Gasteiger partial charge on any atom is -0.0654 e. The quantitative estimate of drug-likeness (QED) is 0.233. The first kappa shape index (κ1) is 38.0. The summed E-state index contributed by atoms with van der Waals surface area (Å²) in [6.07, 6.45) is 20.2. The number of rotatable bonds is 10. The molecular weight excluding hydrogens is 480 g/mol. The maximum Gasteiger partial charge on any atom is -0.0295 e. The van der Waals surface area contributed by atoms with E-state index in [1.807, 2.05) is 0 Å². The van der Waals surface area contributed by atoms with Gasteiger partial charge in [-0.3, -0.25) is 0 Å². The third kappa shape index (κ3) is 11.3. The van der Waals surface area contributed by atoms with Gasteiger partial charge in [-0.15, -0.1) is 0 Å². The van der Waals surface area contributed by atoms with Crippen molar-refractivity contribution in [3.63, 3.8) is 0 Å². The minimum absolute atomic E-state index is 0.686. The van der Waals surface area contributed by atoms with Crippen LogP contribution in [-0.2, 0) is 0 Å². The molecule has 0 aliphatic heterocycles. The van der Waals surface area contributed by atoms with Crippen LogP contribution >= 0.6 is 0 Å². The molecule has 0 aromatic heterocycles. The highest BCUT2D eigenvalue weighted by Gasteiger charge is 2.55. The van der Waals surface area contributed by atoms with Crippen molar-refractivity contribution in [2.45, 2.75) is 187 Å². The fourth-order valence-corrected chi connectivity index (χ4v) is 8.78. The monoisotopic (exact) mass is 561 g/mol. The molecule has 6 saturated carbocycles. The molecule has 6 aliphatic carbocycles. The first-order valence-electron chi connectivity index (χ1n) is 18.6. The molecule has 40 heavy (non-hydrogen) atoms. The van der Waals surface area contributed by atoms with Crippen LogP contribution in [0.1, 0.15) is 187 Å². The molecule has 0 amide bonds. The normalized spacial score (nSPS) is 34.2. The second-order valence-electron chi connectivity index (χ2n) is 17.4. The van der Waals surface area contributed by atoms with Gasteiger partial charge in [0.25, 0.3) is 0 Å². The van der Waals surface area contributed by atoms with Gasteiger partial charge in [0.15, 0.2) is 0 Å². The highest BCUT2D eigenvalue weighted by molar-refractivity contribution is 5.04. The molecule has 0 heterocycles. The standard InChI is InChI=1S/2C11H20.2C9H20/c2*1-7-5-9-6-10(8(7)2)11(9,3)4;2*1-4-5-6-7-8-9(2)3/h2*7-10H,5-6H2,1-4H3;2*9H,4-8H2,1-3H3/t2*7-,8+,9-,10-;;/m10../s1. The van der Waals surface area contributed by atoms with Gasteiger partial charge in [0.2, 0.25) is 0 Å². The van der Waals surface area contributed by atoms with E-state index in [0.29, 0.717) is 10.8 Å². The Bertz CT molecular complexity index is 582. The van der Waals surface area contributed by atoms with Crippen LogP contribution in [0.15, 0.2) is 0 Å². The van der Waals surface area contributed by atoms with E-state index in [0.717, 1.165) is 59.2 Å². The smallest absolute Gasteiger partial charge is 0.0295 e. The third-order valence-corrected chi connectivity index (χ3v) is 12.7. The Morgan fingerprint density at radius 1 is 0.500 bits per heavy atom. The van der Waals surface area contributed by atoms with Crippen LogP contribution in [-0.4, -0.2) is 0 Å². The van der Waals surface area contributed by atoms with Gasteiger partial charge in [0.05, 0.1) is 0 Å². The fourth-order valence-electron chi connectivity index (χ4n) is 8.78. The predicted octanol–water partition coefficient (Wildman–Crippen LogP) is 13.9. The highest BCUT2D eigenvalue weighted by atomic mass is 14.6. The molecule has 0 N–H and O–H groups in total. The molecule has 4 bridgehead atoms. The molecule has 0 radical (unpaired) electrons. The average molecular weight is 561 g/mol. The summed E-state index contributed by atoms with van der Waals surface area (Å²) >= 11 is 0. The van der Waals surface area contributed by atoms with Crippen LogP contribution in [0.2, 0.25) is 0 Å². The molecule has 6 rings (SSSR count). The van der Waals surface area contributed by atoms with Crippen LogP contribution in [0.3, 0.4) is 0 Å². The van der Waals surface area contributed by atoms with E-state index in [4.69, 9.17) is 0 Å². The second kappa shape index (κ2) is 18.0. The lowest BCUT2D eigenvalue weighted by molar-refractivity contribution is -0.124. The molecule has 0 aromatic rings. The van der Waals surface area contributed by atoms with Crippen molar-refractivity contribution in [1.82, 2.24) is 0 Å². The molecule has 8 atom stereocenters. The van der Waals surface area contributed by atoms with E-state index < -0.39 is 0 Å². The lowest BCUT2D eigenvalue weighted by Crippen LogP contribution is -2.54. The maximum absolute atomic E-state index is 2.47. The molecule has 0 saturated heterocycles. The van der Waals surface area contributed by atoms with Gasteiger partial charge >= 0.3 is 0 Å². The Balaban J connectivity index is 0.000000269. The lowest BCUT2D eigenvalue weighted by Gasteiger charge is -2.61. The summed E-state index contributed by atoms with van der Waals surface area (Å²) in [4.78, 5) is 0. The summed E-state index contributed by atoms with van der Waals surface area (Å²) in [7, 11) is 0. The molecule has 0 heteroatoms. The van der Waals surface area contributed by atoms with Crippen molar-refractivity contribution in [2.75, 3.05) is 0 Å². The lowest BCUT2D eigenvalue weighted by atomic mass is 9.44. The summed E-state index contributed by atoms with van der Waals surface area (Å²) < 4.78 is 0. The molecule has 240 valence electrons. The summed E-state index contributed by atoms with van der Waals surface area (Å²) in [5.74, 6) is 9.94. The van der Waals surface area contributed by atoms with Crippen LogP contribution in [0.4, 0.5) is 0 Å². The molecule has 0 aromatic carbocycles. The maximum atomic E-state index is 2.47. The molecule has 6 aliphatic rings. The van der Waals surface area contributed by atoms with E-state index in [1.165, 1.54) is 89.9 Å². The van der Waals surface area contributed by atoms with E-state index in [2.05, 4.69) is 96.9 Å². The van der Waals surface area contributed by atoms with Gasteiger partial charge in [-0.1, -0.05) is 161 Å². The Hall–Kier alpha value is 0. The summed E-state index contributed by atoms with van der Waals surface area (Å²) in [6.45, 7) is 33.3. The van der Waals surface area contributed by atoms with E-state index in [-0.39, 0.29) is 0 Å². The first-order valence-corrected chi connectivity index (χ1v) is 18.6. The predicted molar refractivity (Wildman–Crippen MR) is 184 cm³/mol. The van der Waals surface area contributed by atoms with Crippen molar-refractivity contribution in [3.05, 3.63) is 0 Å². The summed E-state index contributed by atoms with van der Waals surface area (Å²) in [5.41, 5.74) is 1.37. The van der Waals surface area contributed by atoms with E-state index >= 15 is 0 Å². The minimum atomic E-state index is 0.686. The number of hydrogen-bond donors (Lipinski definition) is 0. The number of unbranched alkanes of at least 4 members (excludes halogenated alkanes) is 6. The molecule has 0 unspecified atom stereocenters. The highest BCUT2D eigenvalue weighted by Crippen LogP contribution is 2.63. The van der Waals surface area contributed by atoms with Gasteiger partial charge in [-0.25, -0.2) is 0 Å². The van der Waals surface area contributed by atoms with E-state index in [9.17, 15) is 0 Å². The van der Waals surface area contributed by atoms with Crippen LogP contribution in [0.5, 0.6) is 0 Å². The van der Waals surface area contributed by atoms with Crippen molar-refractivity contribution >= 4 is 0 Å². The zero-order chi connectivity index (χ0) is 30.7. The van der Waals surface area contributed by atoms with Crippen LogP contribution < -0.4 is 0 Å². The topological polar surface area (TPSA) is 0 Å². The third-order valence-electron chi connectivity index (χ3n) is 12.7. The van der Waals surface area contributed by atoms with Crippen LogP contribution in [0.25, 0.3) is 0 Å². The second-order valence-corrected chi connectivity index (χ2v) is 17.4. The van der Waals surface area contributed by atoms with Gasteiger partial charge in [0, 0.05) is 0 Å². The van der Waals surface area contributed by atoms with Crippen molar-refractivity contribution in [3.8, 4) is 0 Å². The number of hydrogen-bond acceptors (Lipinski definition) is 0. The first-order chi connectivity index (χ1) is 18.6. The molecule has 6 fully saturated rings. The molecule has 0 spiro atoms. The molecular formula is C40H80. The average Bonchev–Trinajstić information content (AvgIpc) is 2.88. The van der Waals surface area contributed by atoms with E-state index in [1.54, 1.807) is 0 Å². The number of fused-ring (bicyclic) bond motifs is 4. The van der Waals surface area contributed by atoms with Crippen LogP contribution in [0, 0.1) is 70.0 Å². The fraction of sp³-hybridized carbons (Fsp3) is 1.00. The summed E-state index contributed by atoms with van der Waals surface area (Å²) in [6, 6.07) is 0. The Labute approximate surface area is 256 Å². The largest absolute Gasteiger partial charge is 0.0654 e. The van der Waals surface area contributed by atoms with Crippen molar-refractivity contribution < 1.29 is 0 Å². The van der Waals surface area contributed by atoms with Gasteiger partial charge in [-0.05, 0) is 95.7 Å². The summed E-state index contributed by atoms with van der Waals surface area (Å²) in [5, 5.41) is 0. The Kier molecular flexibility index (Phi) is 17.1. The SMILES string of the molecule is CCCCCCC(C)C.CCCCCCC(C)C.C[C@@H]1[C@@H](C)C[C@H]2C[C@@H]1C2(C)C.C[C@H]1[C@H](C)C[C@@H]2C[C@H]1C2(C)C. The van der Waals surface area contributed by atoms with Gasteiger partial charge in [-0.2, -0.15) is 0 Å². The zero-order valence-corrected chi connectivity index (χ0v) is 30.7. The van der Waals surface area contributed by atoms with Crippen molar-refractivity contribution in [1.29, 1.82) is 0 Å². The Morgan fingerprint density at radius 2 is 0.825 bits per heavy atom. The van der Waals surface area contributed by atoms with Gasteiger partial charge in [0.1, 0.15) is 0 Å². The van der Waals surface area contributed by atoms with Crippen molar-refractivity contribution in [2.24, 2.45) is 70.0 Å². The Morgan fingerprint density at radius 3 is 1.02 bits per heavy atom.